The fourth-order valence-corrected chi connectivity index (χ4v) is 2.08. The minimum atomic E-state index is 0.0580. The maximum Gasteiger partial charge on any atom is 0.220 e. The molecular formula is C12H13NO2S. The number of hydrogen-bond acceptors (Lipinski definition) is 3. The molecule has 2 heterocycles. The lowest BCUT2D eigenvalue weighted by atomic mass is 10.2. The van der Waals surface area contributed by atoms with Gasteiger partial charge in [0.2, 0.25) is 5.91 Å². The number of aryl methyl sites for hydroxylation is 1. The van der Waals surface area contributed by atoms with Crippen molar-refractivity contribution in [1.29, 1.82) is 0 Å². The Balaban J connectivity index is 1.69. The Morgan fingerprint density at radius 2 is 2.38 bits per heavy atom. The fourth-order valence-electron chi connectivity index (χ4n) is 1.38. The van der Waals surface area contributed by atoms with Crippen molar-refractivity contribution in [2.24, 2.45) is 0 Å². The summed E-state index contributed by atoms with van der Waals surface area (Å²) < 4.78 is 5.12. The molecule has 0 aliphatic heterocycles. The molecule has 0 saturated carbocycles. The fraction of sp³-hybridized carbons (Fsp3) is 0.250. The zero-order chi connectivity index (χ0) is 11.2. The molecule has 4 heteroatoms. The Morgan fingerprint density at radius 1 is 1.44 bits per heavy atom. The van der Waals surface area contributed by atoms with E-state index in [1.54, 1.807) is 17.6 Å². The van der Waals surface area contributed by atoms with Gasteiger partial charge in [-0.2, -0.15) is 11.3 Å². The lowest BCUT2D eigenvalue weighted by molar-refractivity contribution is -0.121. The molecular weight excluding hydrogens is 222 g/mol. The molecule has 16 heavy (non-hydrogen) atoms. The van der Waals surface area contributed by atoms with Crippen molar-refractivity contribution in [3.63, 3.8) is 0 Å². The quantitative estimate of drug-likeness (QED) is 0.865. The van der Waals surface area contributed by atoms with Gasteiger partial charge in [0.1, 0.15) is 5.76 Å². The maximum atomic E-state index is 11.5. The van der Waals surface area contributed by atoms with Gasteiger partial charge in [0.25, 0.3) is 0 Å². The molecule has 0 spiro atoms. The van der Waals surface area contributed by atoms with Gasteiger partial charge in [0.05, 0.1) is 12.8 Å². The third kappa shape index (κ3) is 3.24. The Morgan fingerprint density at radius 3 is 3.06 bits per heavy atom. The number of amides is 1. The first-order valence-corrected chi connectivity index (χ1v) is 6.09. The third-order valence-corrected chi connectivity index (χ3v) is 2.99. The number of hydrogen-bond donors (Lipinski definition) is 1. The molecule has 0 saturated heterocycles. The summed E-state index contributed by atoms with van der Waals surface area (Å²) in [6.07, 6.45) is 2.93. The molecule has 1 amide bonds. The molecule has 3 nitrogen and oxygen atoms in total. The largest absolute Gasteiger partial charge is 0.467 e. The van der Waals surface area contributed by atoms with E-state index in [0.29, 0.717) is 13.0 Å². The van der Waals surface area contributed by atoms with Crippen molar-refractivity contribution in [3.8, 4) is 0 Å². The van der Waals surface area contributed by atoms with Crippen LogP contribution in [0.15, 0.2) is 39.6 Å². The second-order valence-electron chi connectivity index (χ2n) is 3.49. The summed E-state index contributed by atoms with van der Waals surface area (Å²) >= 11 is 1.66. The Hall–Kier alpha value is -1.55. The van der Waals surface area contributed by atoms with Crippen LogP contribution in [0.5, 0.6) is 0 Å². The van der Waals surface area contributed by atoms with Crippen molar-refractivity contribution in [2.75, 3.05) is 0 Å². The van der Waals surface area contributed by atoms with E-state index in [0.717, 1.165) is 12.2 Å². The van der Waals surface area contributed by atoms with Crippen molar-refractivity contribution in [1.82, 2.24) is 5.32 Å². The average molecular weight is 235 g/mol. The summed E-state index contributed by atoms with van der Waals surface area (Å²) in [6.45, 7) is 0.468. The van der Waals surface area contributed by atoms with Crippen LogP contribution in [0.25, 0.3) is 0 Å². The van der Waals surface area contributed by atoms with E-state index in [4.69, 9.17) is 4.42 Å². The molecule has 0 fully saturated rings. The van der Waals surface area contributed by atoms with Crippen LogP contribution in [-0.2, 0) is 17.8 Å². The van der Waals surface area contributed by atoms with Gasteiger partial charge in [-0.3, -0.25) is 4.79 Å². The molecule has 0 bridgehead atoms. The number of rotatable bonds is 5. The predicted molar refractivity (Wildman–Crippen MR) is 63.2 cm³/mol. The van der Waals surface area contributed by atoms with Crippen LogP contribution < -0.4 is 5.32 Å². The van der Waals surface area contributed by atoms with Gasteiger partial charge in [-0.1, -0.05) is 0 Å². The molecule has 2 rings (SSSR count). The van der Waals surface area contributed by atoms with Crippen LogP contribution >= 0.6 is 11.3 Å². The molecule has 84 valence electrons. The van der Waals surface area contributed by atoms with Crippen LogP contribution in [-0.4, -0.2) is 5.91 Å². The smallest absolute Gasteiger partial charge is 0.220 e. The summed E-state index contributed by atoms with van der Waals surface area (Å²) in [6, 6.07) is 5.70. The first-order valence-electron chi connectivity index (χ1n) is 5.15. The molecule has 1 N–H and O–H groups in total. The van der Waals surface area contributed by atoms with E-state index in [2.05, 4.69) is 10.7 Å². The van der Waals surface area contributed by atoms with E-state index in [1.807, 2.05) is 23.6 Å². The minimum Gasteiger partial charge on any atom is -0.467 e. The second-order valence-corrected chi connectivity index (χ2v) is 4.27. The summed E-state index contributed by atoms with van der Waals surface area (Å²) in [7, 11) is 0. The van der Waals surface area contributed by atoms with Gasteiger partial charge in [0, 0.05) is 6.42 Å². The van der Waals surface area contributed by atoms with Crippen molar-refractivity contribution in [2.45, 2.75) is 19.4 Å². The van der Waals surface area contributed by atoms with Crippen LogP contribution in [0.4, 0.5) is 0 Å². The highest BCUT2D eigenvalue weighted by Gasteiger charge is 2.03. The highest BCUT2D eigenvalue weighted by molar-refractivity contribution is 7.07. The highest BCUT2D eigenvalue weighted by atomic mass is 32.1. The number of nitrogens with one attached hydrogen (secondary N) is 1. The van der Waals surface area contributed by atoms with Crippen LogP contribution in [0.1, 0.15) is 17.7 Å². The topological polar surface area (TPSA) is 42.2 Å². The van der Waals surface area contributed by atoms with Gasteiger partial charge >= 0.3 is 0 Å². The van der Waals surface area contributed by atoms with E-state index in [1.165, 1.54) is 5.56 Å². The summed E-state index contributed by atoms with van der Waals surface area (Å²) in [5.41, 5.74) is 1.22. The number of carbonyl (C=O) groups excluding carboxylic acids is 1. The van der Waals surface area contributed by atoms with Gasteiger partial charge in [-0.25, -0.2) is 0 Å². The normalized spacial score (nSPS) is 10.2. The monoisotopic (exact) mass is 235 g/mol. The Labute approximate surface area is 98.1 Å². The second kappa shape index (κ2) is 5.51. The van der Waals surface area contributed by atoms with Gasteiger partial charge in [-0.15, -0.1) is 0 Å². The van der Waals surface area contributed by atoms with Crippen LogP contribution in [0.2, 0.25) is 0 Å². The van der Waals surface area contributed by atoms with Gasteiger partial charge in [-0.05, 0) is 40.9 Å². The predicted octanol–water partition coefficient (Wildman–Crippen LogP) is 2.59. The Kier molecular flexibility index (Phi) is 3.77. The average Bonchev–Trinajstić information content (AvgIpc) is 2.96. The standard InChI is InChI=1S/C12H13NO2S/c14-12(4-3-10-5-7-16-9-10)13-8-11-2-1-6-15-11/h1-2,5-7,9H,3-4,8H2,(H,13,14). The number of furan rings is 1. The Bertz CT molecular complexity index is 380. The summed E-state index contributed by atoms with van der Waals surface area (Å²) in [5.74, 6) is 0.839. The van der Waals surface area contributed by atoms with Crippen LogP contribution in [0.3, 0.4) is 0 Å². The molecule has 0 aromatic carbocycles. The van der Waals surface area contributed by atoms with E-state index in [9.17, 15) is 4.79 Å². The molecule has 0 radical (unpaired) electrons. The molecule has 2 aromatic rings. The highest BCUT2D eigenvalue weighted by Crippen LogP contribution is 2.08. The zero-order valence-electron chi connectivity index (χ0n) is 8.81. The first kappa shape index (κ1) is 11.0. The lowest BCUT2D eigenvalue weighted by Crippen LogP contribution is -2.22. The van der Waals surface area contributed by atoms with E-state index in [-0.39, 0.29) is 5.91 Å². The summed E-state index contributed by atoms with van der Waals surface area (Å²) in [4.78, 5) is 11.5. The number of carbonyl (C=O) groups is 1. The van der Waals surface area contributed by atoms with Crippen molar-refractivity contribution in [3.05, 3.63) is 46.5 Å². The SMILES string of the molecule is O=C(CCc1ccsc1)NCc1ccco1. The molecule has 0 atom stereocenters. The minimum absolute atomic E-state index is 0.0580. The van der Waals surface area contributed by atoms with Crippen LogP contribution in [0, 0.1) is 0 Å². The number of thiophene rings is 1. The van der Waals surface area contributed by atoms with Crippen molar-refractivity contribution < 1.29 is 9.21 Å². The van der Waals surface area contributed by atoms with Gasteiger partial charge in [0.15, 0.2) is 0 Å². The van der Waals surface area contributed by atoms with Crippen molar-refractivity contribution >= 4 is 17.2 Å². The molecule has 2 aromatic heterocycles. The maximum absolute atomic E-state index is 11.5. The molecule has 0 aliphatic carbocycles. The first-order chi connectivity index (χ1) is 7.84. The lowest BCUT2D eigenvalue weighted by Gasteiger charge is -2.02. The molecule has 0 aliphatic rings. The van der Waals surface area contributed by atoms with E-state index < -0.39 is 0 Å². The van der Waals surface area contributed by atoms with E-state index >= 15 is 0 Å². The van der Waals surface area contributed by atoms with Gasteiger partial charge < -0.3 is 9.73 Å². The third-order valence-electron chi connectivity index (χ3n) is 2.26. The zero-order valence-corrected chi connectivity index (χ0v) is 9.63. The summed E-state index contributed by atoms with van der Waals surface area (Å²) in [5, 5.41) is 6.91. The molecule has 0 unspecified atom stereocenters.